The molecule has 0 saturated carbocycles. The first-order valence-corrected chi connectivity index (χ1v) is 2.52. The van der Waals surface area contributed by atoms with Crippen LogP contribution in [0, 0.1) is 18.0 Å². The molecule has 0 rings (SSSR count). The van der Waals surface area contributed by atoms with Gasteiger partial charge in [-0.05, 0) is 6.92 Å². The van der Waals surface area contributed by atoms with Crippen LogP contribution >= 0.6 is 0 Å². The number of rotatable bonds is 2. The Labute approximate surface area is 54.2 Å². The number of carbonyl (C=O) groups is 1. The van der Waals surface area contributed by atoms with Gasteiger partial charge in [-0.3, -0.25) is 4.79 Å². The van der Waals surface area contributed by atoms with E-state index >= 15 is 0 Å². The van der Waals surface area contributed by atoms with Gasteiger partial charge in [0.1, 0.15) is 0 Å². The molecule has 0 N–H and O–H groups in total. The lowest BCUT2D eigenvalue weighted by atomic mass is 10.5. The van der Waals surface area contributed by atoms with E-state index < -0.39 is 5.91 Å². The van der Waals surface area contributed by atoms with E-state index in [1.54, 1.807) is 13.1 Å². The molecule has 3 nitrogen and oxygen atoms in total. The molecule has 0 aliphatic rings. The second-order valence-electron chi connectivity index (χ2n) is 1.35. The van der Waals surface area contributed by atoms with Gasteiger partial charge in [-0.2, -0.15) is 5.26 Å². The Morgan fingerprint density at radius 2 is 2.56 bits per heavy atom. The van der Waals surface area contributed by atoms with E-state index in [1.807, 2.05) is 0 Å². The average Bonchev–Trinajstić information content (AvgIpc) is 1.90. The number of likely N-dealkylation sites (N-methyl/N-ethyl adjacent to an activating group) is 1. The molecule has 0 saturated heterocycles. The van der Waals surface area contributed by atoms with Crippen molar-refractivity contribution in [1.82, 2.24) is 4.90 Å². The summed E-state index contributed by atoms with van der Waals surface area (Å²) in [5.41, 5.74) is 0. The number of carbonyl (C=O) groups excluding carboxylic acids is 1. The van der Waals surface area contributed by atoms with Gasteiger partial charge < -0.3 is 0 Å². The molecule has 0 atom stereocenters. The highest BCUT2D eigenvalue weighted by atomic mass is 16.2. The fraction of sp³-hybridized carbons (Fsp3) is 0.333. The number of hydrogen-bond acceptors (Lipinski definition) is 2. The number of nitriles is 1. The summed E-state index contributed by atoms with van der Waals surface area (Å²) in [5, 5.41) is 8.21. The SMILES string of the molecule is [CH]=CC(=O)N(C#N)CC. The number of hydrogen-bond donors (Lipinski definition) is 0. The molecule has 0 aromatic carbocycles. The first kappa shape index (κ1) is 7.70. The van der Waals surface area contributed by atoms with Gasteiger partial charge in [-0.15, -0.1) is 0 Å². The van der Waals surface area contributed by atoms with Gasteiger partial charge in [0.05, 0.1) is 0 Å². The Morgan fingerprint density at radius 1 is 2.00 bits per heavy atom. The van der Waals surface area contributed by atoms with Crippen molar-refractivity contribution in [3.63, 3.8) is 0 Å². The second kappa shape index (κ2) is 3.67. The first-order valence-electron chi connectivity index (χ1n) is 2.52. The third kappa shape index (κ3) is 1.96. The molecule has 47 valence electrons. The summed E-state index contributed by atoms with van der Waals surface area (Å²) in [6.45, 7) is 6.92. The van der Waals surface area contributed by atoms with E-state index in [4.69, 9.17) is 11.8 Å². The number of amides is 1. The topological polar surface area (TPSA) is 44.1 Å². The molecule has 1 amide bonds. The molecule has 0 fully saturated rings. The van der Waals surface area contributed by atoms with E-state index in [1.165, 1.54) is 0 Å². The van der Waals surface area contributed by atoms with Crippen molar-refractivity contribution >= 4 is 5.91 Å². The van der Waals surface area contributed by atoms with Crippen molar-refractivity contribution in [2.45, 2.75) is 6.92 Å². The van der Waals surface area contributed by atoms with Gasteiger partial charge in [0.25, 0.3) is 5.91 Å². The predicted molar refractivity (Wildman–Crippen MR) is 31.9 cm³/mol. The molecule has 0 aromatic heterocycles. The zero-order chi connectivity index (χ0) is 7.28. The van der Waals surface area contributed by atoms with Gasteiger partial charge in [0.2, 0.25) is 0 Å². The zero-order valence-corrected chi connectivity index (χ0v) is 5.16. The molecule has 9 heavy (non-hydrogen) atoms. The van der Waals surface area contributed by atoms with Crippen LogP contribution in [0.2, 0.25) is 0 Å². The van der Waals surface area contributed by atoms with E-state index in [-0.39, 0.29) is 0 Å². The fourth-order valence-electron chi connectivity index (χ4n) is 0.366. The maximum Gasteiger partial charge on any atom is 0.259 e. The van der Waals surface area contributed by atoms with Crippen LogP contribution in [0.5, 0.6) is 0 Å². The summed E-state index contributed by atoms with van der Waals surface area (Å²) in [7, 11) is 0. The molecule has 0 bridgehead atoms. The van der Waals surface area contributed by atoms with Crippen LogP contribution in [0.15, 0.2) is 6.08 Å². The maximum absolute atomic E-state index is 10.5. The normalized spacial score (nSPS) is 7.56. The van der Waals surface area contributed by atoms with Crippen molar-refractivity contribution in [2.24, 2.45) is 0 Å². The Kier molecular flexibility index (Phi) is 3.14. The standard InChI is InChI=1S/C6H7N2O/c1-3-6(9)8(4-2)5-7/h1,3H,4H2,2H3. The minimum Gasteiger partial charge on any atom is -0.269 e. The lowest BCUT2D eigenvalue weighted by molar-refractivity contribution is -0.122. The van der Waals surface area contributed by atoms with Crippen LogP contribution in [0.1, 0.15) is 6.92 Å². The van der Waals surface area contributed by atoms with E-state index in [2.05, 4.69) is 0 Å². The summed E-state index contributed by atoms with van der Waals surface area (Å²) in [6.07, 6.45) is 2.54. The number of nitrogens with zero attached hydrogens (tertiary/aromatic N) is 2. The lowest BCUT2D eigenvalue weighted by Gasteiger charge is -2.05. The van der Waals surface area contributed by atoms with E-state index in [9.17, 15) is 4.79 Å². The van der Waals surface area contributed by atoms with Gasteiger partial charge in [-0.1, -0.05) is 6.58 Å². The molecule has 0 heterocycles. The molecule has 1 radical (unpaired) electrons. The van der Waals surface area contributed by atoms with Crippen molar-refractivity contribution < 1.29 is 4.79 Å². The zero-order valence-electron chi connectivity index (χ0n) is 5.16. The summed E-state index contributed by atoms with van der Waals surface area (Å²) in [4.78, 5) is 11.5. The molecule has 3 heteroatoms. The van der Waals surface area contributed by atoms with Crippen LogP contribution in [0.3, 0.4) is 0 Å². The largest absolute Gasteiger partial charge is 0.269 e. The lowest BCUT2D eigenvalue weighted by Crippen LogP contribution is -2.23. The van der Waals surface area contributed by atoms with E-state index in [0.717, 1.165) is 11.0 Å². The molecule has 0 aromatic rings. The minimum atomic E-state index is -0.458. The van der Waals surface area contributed by atoms with Crippen LogP contribution < -0.4 is 0 Å². The first-order chi connectivity index (χ1) is 4.26. The summed E-state index contributed by atoms with van der Waals surface area (Å²) >= 11 is 0. The summed E-state index contributed by atoms with van der Waals surface area (Å²) in [5.74, 6) is -0.458. The van der Waals surface area contributed by atoms with Crippen molar-refractivity contribution in [2.75, 3.05) is 6.54 Å². The van der Waals surface area contributed by atoms with Crippen molar-refractivity contribution in [3.05, 3.63) is 12.7 Å². The van der Waals surface area contributed by atoms with Crippen LogP contribution in [0.4, 0.5) is 0 Å². The van der Waals surface area contributed by atoms with Crippen LogP contribution in [-0.4, -0.2) is 17.4 Å². The highest BCUT2D eigenvalue weighted by Crippen LogP contribution is 1.84. The summed E-state index contributed by atoms with van der Waals surface area (Å²) < 4.78 is 0. The highest BCUT2D eigenvalue weighted by molar-refractivity contribution is 5.87. The third-order valence-electron chi connectivity index (χ3n) is 0.846. The van der Waals surface area contributed by atoms with Gasteiger partial charge in [0.15, 0.2) is 6.19 Å². The Bertz CT molecular complexity index is 157. The molecular formula is C6H7N2O. The molecular weight excluding hydrogens is 116 g/mol. The van der Waals surface area contributed by atoms with Gasteiger partial charge in [-0.25, -0.2) is 4.90 Å². The maximum atomic E-state index is 10.5. The Balaban J connectivity index is 3.99. The summed E-state index contributed by atoms with van der Waals surface area (Å²) in [6, 6.07) is 0. The highest BCUT2D eigenvalue weighted by Gasteiger charge is 2.03. The van der Waals surface area contributed by atoms with Gasteiger partial charge in [0, 0.05) is 12.6 Å². The third-order valence-corrected chi connectivity index (χ3v) is 0.846. The quantitative estimate of drug-likeness (QED) is 0.301. The fourth-order valence-corrected chi connectivity index (χ4v) is 0.366. The molecule has 0 unspecified atom stereocenters. The van der Waals surface area contributed by atoms with Gasteiger partial charge >= 0.3 is 0 Å². The van der Waals surface area contributed by atoms with Crippen LogP contribution in [0.25, 0.3) is 0 Å². The molecule has 0 spiro atoms. The van der Waals surface area contributed by atoms with E-state index in [0.29, 0.717) is 6.54 Å². The minimum absolute atomic E-state index is 0.364. The molecule has 0 aliphatic heterocycles. The predicted octanol–water partition coefficient (Wildman–Crippen LogP) is 0.305. The molecule has 0 aliphatic carbocycles. The smallest absolute Gasteiger partial charge is 0.259 e. The Morgan fingerprint density at radius 3 is 2.67 bits per heavy atom. The van der Waals surface area contributed by atoms with Crippen molar-refractivity contribution in [3.8, 4) is 6.19 Å². The van der Waals surface area contributed by atoms with Crippen LogP contribution in [-0.2, 0) is 4.79 Å². The average molecular weight is 123 g/mol. The second-order valence-corrected chi connectivity index (χ2v) is 1.35. The van der Waals surface area contributed by atoms with Crippen molar-refractivity contribution in [1.29, 1.82) is 5.26 Å². The monoisotopic (exact) mass is 123 g/mol. The Hall–Kier alpha value is -1.30.